The van der Waals surface area contributed by atoms with Crippen LogP contribution in [0.25, 0.3) is 0 Å². The number of rotatable bonds is 4. The molecule has 1 saturated carbocycles. The highest BCUT2D eigenvalue weighted by molar-refractivity contribution is 5.95. The molecule has 2 N–H and O–H groups in total. The third-order valence-corrected chi connectivity index (χ3v) is 4.31. The molecule has 2 atom stereocenters. The van der Waals surface area contributed by atoms with Crippen LogP contribution in [0, 0.1) is 0 Å². The average molecular weight is 341 g/mol. The molecule has 1 aliphatic heterocycles. The molecule has 0 aromatic heterocycles. The van der Waals surface area contributed by atoms with E-state index in [1.807, 2.05) is 31.2 Å². The van der Waals surface area contributed by atoms with Gasteiger partial charge in [-0.1, -0.05) is 6.07 Å². The second kappa shape index (κ2) is 8.52. The Labute approximate surface area is 143 Å². The van der Waals surface area contributed by atoms with Crippen LogP contribution < -0.4 is 15.4 Å². The normalized spacial score (nSPS) is 24.7. The predicted octanol–water partition coefficient (Wildman–Crippen LogP) is 2.75. The maximum atomic E-state index is 12.3. The number of anilines is 1. The maximum absolute atomic E-state index is 12.3. The van der Waals surface area contributed by atoms with E-state index in [1.54, 1.807) is 0 Å². The summed E-state index contributed by atoms with van der Waals surface area (Å²) in [5.74, 6) is 0.760. The van der Waals surface area contributed by atoms with Crippen molar-refractivity contribution in [2.45, 2.75) is 50.9 Å². The third kappa shape index (κ3) is 4.83. The zero-order valence-corrected chi connectivity index (χ0v) is 14.2. The Bertz CT molecular complexity index is 520. The standard InChI is InChI=1S/C17H24N2O3.ClH/c1-12-16(18-9-10-21-12)17(20)19-13-5-4-8-15(11-13)22-14-6-2-3-7-14;/h4-5,8,11-12,14,16,18H,2-3,6-7,9-10H2,1H3,(H,19,20);1H/t12-,16+;/m1./s1. The molecule has 23 heavy (non-hydrogen) atoms. The van der Waals surface area contributed by atoms with Crippen molar-refractivity contribution in [2.75, 3.05) is 18.5 Å². The molecule has 2 aliphatic rings. The lowest BCUT2D eigenvalue weighted by atomic mass is 10.1. The molecular formula is C17H25ClN2O3. The van der Waals surface area contributed by atoms with Crippen molar-refractivity contribution >= 4 is 24.0 Å². The highest BCUT2D eigenvalue weighted by Gasteiger charge is 2.28. The lowest BCUT2D eigenvalue weighted by Gasteiger charge is -2.29. The minimum atomic E-state index is -0.312. The van der Waals surface area contributed by atoms with Crippen molar-refractivity contribution in [3.05, 3.63) is 24.3 Å². The highest BCUT2D eigenvalue weighted by atomic mass is 35.5. The largest absolute Gasteiger partial charge is 0.490 e. The molecule has 128 valence electrons. The molecule has 1 aromatic rings. The third-order valence-electron chi connectivity index (χ3n) is 4.31. The van der Waals surface area contributed by atoms with Gasteiger partial charge in [-0.3, -0.25) is 4.79 Å². The van der Waals surface area contributed by atoms with E-state index in [-0.39, 0.29) is 30.5 Å². The predicted molar refractivity (Wildman–Crippen MR) is 92.4 cm³/mol. The first kappa shape index (κ1) is 18.0. The van der Waals surface area contributed by atoms with Gasteiger partial charge in [0.2, 0.25) is 5.91 Å². The van der Waals surface area contributed by atoms with Gasteiger partial charge in [0.1, 0.15) is 11.8 Å². The zero-order valence-electron chi connectivity index (χ0n) is 13.4. The minimum absolute atomic E-state index is 0. The summed E-state index contributed by atoms with van der Waals surface area (Å²) in [5, 5.41) is 6.14. The summed E-state index contributed by atoms with van der Waals surface area (Å²) in [6.07, 6.45) is 4.93. The number of benzene rings is 1. The van der Waals surface area contributed by atoms with E-state index in [0.29, 0.717) is 19.3 Å². The Morgan fingerprint density at radius 1 is 1.35 bits per heavy atom. The minimum Gasteiger partial charge on any atom is -0.490 e. The molecule has 1 aliphatic carbocycles. The summed E-state index contributed by atoms with van der Waals surface area (Å²) in [6.45, 7) is 3.26. The van der Waals surface area contributed by atoms with Crippen LogP contribution in [0.4, 0.5) is 5.69 Å². The van der Waals surface area contributed by atoms with Crippen molar-refractivity contribution in [3.8, 4) is 5.75 Å². The van der Waals surface area contributed by atoms with E-state index in [1.165, 1.54) is 12.8 Å². The van der Waals surface area contributed by atoms with Gasteiger partial charge in [0.25, 0.3) is 0 Å². The van der Waals surface area contributed by atoms with Crippen LogP contribution in [0.5, 0.6) is 5.75 Å². The van der Waals surface area contributed by atoms with E-state index < -0.39 is 0 Å². The molecule has 1 amide bonds. The summed E-state index contributed by atoms with van der Waals surface area (Å²) < 4.78 is 11.5. The van der Waals surface area contributed by atoms with E-state index in [2.05, 4.69) is 10.6 Å². The summed E-state index contributed by atoms with van der Waals surface area (Å²) in [5.41, 5.74) is 0.764. The molecule has 0 spiro atoms. The number of carbonyl (C=O) groups is 1. The molecule has 0 bridgehead atoms. The Balaban J connectivity index is 0.00000192. The quantitative estimate of drug-likeness (QED) is 0.884. The Kier molecular flexibility index (Phi) is 6.69. The number of halogens is 1. The van der Waals surface area contributed by atoms with E-state index in [4.69, 9.17) is 9.47 Å². The van der Waals surface area contributed by atoms with Crippen LogP contribution in [-0.4, -0.2) is 37.3 Å². The van der Waals surface area contributed by atoms with Gasteiger partial charge in [-0.05, 0) is 44.7 Å². The topological polar surface area (TPSA) is 59.6 Å². The average Bonchev–Trinajstić information content (AvgIpc) is 3.01. The molecule has 0 radical (unpaired) electrons. The van der Waals surface area contributed by atoms with Crippen LogP contribution in [-0.2, 0) is 9.53 Å². The summed E-state index contributed by atoms with van der Waals surface area (Å²) >= 11 is 0. The molecule has 1 heterocycles. The number of hydrogen-bond donors (Lipinski definition) is 2. The SMILES string of the molecule is C[C@H]1OCCN[C@@H]1C(=O)Nc1cccc(OC2CCCC2)c1.Cl. The maximum Gasteiger partial charge on any atom is 0.244 e. The van der Waals surface area contributed by atoms with Crippen molar-refractivity contribution in [2.24, 2.45) is 0 Å². The molecule has 5 nitrogen and oxygen atoms in total. The number of amides is 1. The fraction of sp³-hybridized carbons (Fsp3) is 0.588. The van der Waals surface area contributed by atoms with Gasteiger partial charge >= 0.3 is 0 Å². The van der Waals surface area contributed by atoms with Gasteiger partial charge in [-0.2, -0.15) is 0 Å². The smallest absolute Gasteiger partial charge is 0.244 e. The van der Waals surface area contributed by atoms with Crippen LogP contribution in [0.2, 0.25) is 0 Å². The van der Waals surface area contributed by atoms with Gasteiger partial charge < -0.3 is 20.1 Å². The molecule has 2 fully saturated rings. The van der Waals surface area contributed by atoms with Crippen LogP contribution >= 0.6 is 12.4 Å². The Morgan fingerprint density at radius 2 is 2.13 bits per heavy atom. The van der Waals surface area contributed by atoms with Crippen LogP contribution in [0.3, 0.4) is 0 Å². The first-order valence-electron chi connectivity index (χ1n) is 8.15. The molecular weight excluding hydrogens is 316 g/mol. The lowest BCUT2D eigenvalue weighted by molar-refractivity contribution is -0.123. The summed E-state index contributed by atoms with van der Waals surface area (Å²) in [4.78, 5) is 12.3. The molecule has 0 unspecified atom stereocenters. The van der Waals surface area contributed by atoms with Crippen LogP contribution in [0.1, 0.15) is 32.6 Å². The Morgan fingerprint density at radius 3 is 2.87 bits per heavy atom. The summed E-state index contributed by atoms with van der Waals surface area (Å²) in [6, 6.07) is 7.32. The molecule has 1 aromatic carbocycles. The molecule has 3 rings (SSSR count). The zero-order chi connectivity index (χ0) is 15.4. The van der Waals surface area contributed by atoms with E-state index in [9.17, 15) is 4.79 Å². The number of morpholine rings is 1. The number of nitrogens with one attached hydrogen (secondary N) is 2. The first-order valence-corrected chi connectivity index (χ1v) is 8.15. The van der Waals surface area contributed by atoms with Crippen molar-refractivity contribution < 1.29 is 14.3 Å². The van der Waals surface area contributed by atoms with E-state index in [0.717, 1.165) is 24.3 Å². The van der Waals surface area contributed by atoms with Crippen LogP contribution in [0.15, 0.2) is 24.3 Å². The van der Waals surface area contributed by atoms with Crippen molar-refractivity contribution in [1.82, 2.24) is 5.32 Å². The number of hydrogen-bond acceptors (Lipinski definition) is 4. The fourth-order valence-electron chi connectivity index (χ4n) is 3.09. The fourth-order valence-corrected chi connectivity index (χ4v) is 3.09. The van der Waals surface area contributed by atoms with Gasteiger partial charge in [0, 0.05) is 18.3 Å². The van der Waals surface area contributed by atoms with Gasteiger partial charge in [-0.25, -0.2) is 0 Å². The summed E-state index contributed by atoms with van der Waals surface area (Å²) in [7, 11) is 0. The molecule has 1 saturated heterocycles. The first-order chi connectivity index (χ1) is 10.7. The van der Waals surface area contributed by atoms with Crippen molar-refractivity contribution in [3.63, 3.8) is 0 Å². The monoisotopic (exact) mass is 340 g/mol. The Hall–Kier alpha value is -1.30. The van der Waals surface area contributed by atoms with Gasteiger partial charge in [0.15, 0.2) is 0 Å². The lowest BCUT2D eigenvalue weighted by Crippen LogP contribution is -2.53. The highest BCUT2D eigenvalue weighted by Crippen LogP contribution is 2.25. The van der Waals surface area contributed by atoms with E-state index >= 15 is 0 Å². The second-order valence-electron chi connectivity index (χ2n) is 6.05. The molecule has 6 heteroatoms. The number of carbonyl (C=O) groups excluding carboxylic acids is 1. The number of ether oxygens (including phenoxy) is 2. The van der Waals surface area contributed by atoms with Gasteiger partial charge in [0.05, 0.1) is 18.8 Å². The van der Waals surface area contributed by atoms with Crippen molar-refractivity contribution in [1.29, 1.82) is 0 Å². The second-order valence-corrected chi connectivity index (χ2v) is 6.05. The van der Waals surface area contributed by atoms with Gasteiger partial charge in [-0.15, -0.1) is 12.4 Å².